The van der Waals surface area contributed by atoms with Crippen LogP contribution in [-0.2, 0) is 28.6 Å². The maximum absolute atomic E-state index is 12.8. The van der Waals surface area contributed by atoms with Crippen molar-refractivity contribution in [2.75, 3.05) is 13.2 Å². The van der Waals surface area contributed by atoms with E-state index in [1.54, 1.807) is 0 Å². The first-order chi connectivity index (χ1) is 35.5. The van der Waals surface area contributed by atoms with Crippen molar-refractivity contribution in [2.45, 2.75) is 303 Å². The van der Waals surface area contributed by atoms with Gasteiger partial charge in [-0.25, -0.2) is 0 Å². The van der Waals surface area contributed by atoms with Crippen molar-refractivity contribution in [1.82, 2.24) is 0 Å². The predicted octanol–water partition coefficient (Wildman–Crippen LogP) is 20.7. The van der Waals surface area contributed by atoms with Crippen LogP contribution in [0.15, 0.2) is 85.1 Å². The summed E-state index contributed by atoms with van der Waals surface area (Å²) in [6.45, 7) is 6.47. The molecule has 0 spiro atoms. The van der Waals surface area contributed by atoms with Crippen molar-refractivity contribution < 1.29 is 28.6 Å². The van der Waals surface area contributed by atoms with E-state index >= 15 is 0 Å². The molecule has 1 atom stereocenters. The Morgan fingerprint density at radius 2 is 0.569 bits per heavy atom. The SMILES string of the molecule is CC/C=C\C/C=C\C/C=C\C/C=C\C/C=C\C/C=C\CCC(=O)OC(COC(=O)CCCCCCCCCCCC)COC(=O)CCCCCCCCCCCCCCC/C=C\CCCCCCCCCC. The molecule has 0 aliphatic rings. The Hall–Kier alpha value is -3.41. The molecule has 414 valence electrons. The smallest absolute Gasteiger partial charge is 0.306 e. The lowest BCUT2D eigenvalue weighted by Crippen LogP contribution is -2.30. The van der Waals surface area contributed by atoms with E-state index in [1.165, 1.54) is 173 Å². The lowest BCUT2D eigenvalue weighted by atomic mass is 10.0. The third-order valence-corrected chi connectivity index (χ3v) is 13.1. The van der Waals surface area contributed by atoms with E-state index in [9.17, 15) is 14.4 Å². The van der Waals surface area contributed by atoms with Crippen molar-refractivity contribution in [3.05, 3.63) is 85.1 Å². The Bertz CT molecular complexity index is 1380. The van der Waals surface area contributed by atoms with Crippen LogP contribution in [0.4, 0.5) is 0 Å². The van der Waals surface area contributed by atoms with Gasteiger partial charge in [0.2, 0.25) is 0 Å². The van der Waals surface area contributed by atoms with E-state index in [0.717, 1.165) is 77.0 Å². The van der Waals surface area contributed by atoms with Gasteiger partial charge in [-0.3, -0.25) is 14.4 Å². The Labute approximate surface area is 445 Å². The highest BCUT2D eigenvalue weighted by molar-refractivity contribution is 5.71. The number of rotatable bonds is 55. The molecule has 1 unspecified atom stereocenters. The van der Waals surface area contributed by atoms with Crippen LogP contribution in [0.2, 0.25) is 0 Å². The molecule has 6 nitrogen and oxygen atoms in total. The van der Waals surface area contributed by atoms with Gasteiger partial charge in [-0.2, -0.15) is 0 Å². The average molecular weight is 1000 g/mol. The van der Waals surface area contributed by atoms with Crippen LogP contribution in [0.1, 0.15) is 297 Å². The predicted molar refractivity (Wildman–Crippen MR) is 311 cm³/mol. The Morgan fingerprint density at radius 1 is 0.292 bits per heavy atom. The van der Waals surface area contributed by atoms with E-state index in [-0.39, 0.29) is 37.5 Å². The average Bonchev–Trinajstić information content (AvgIpc) is 3.38. The lowest BCUT2D eigenvalue weighted by molar-refractivity contribution is -0.166. The quantitative estimate of drug-likeness (QED) is 0.0261. The van der Waals surface area contributed by atoms with Crippen LogP contribution in [0.5, 0.6) is 0 Å². The number of carbonyl (C=O) groups is 3. The minimum atomic E-state index is -0.815. The molecule has 6 heteroatoms. The number of unbranched alkanes of at least 4 members (excludes halogenated alkanes) is 30. The second-order valence-corrected chi connectivity index (χ2v) is 20.2. The summed E-state index contributed by atoms with van der Waals surface area (Å²) in [4.78, 5) is 38.1. The van der Waals surface area contributed by atoms with Crippen molar-refractivity contribution >= 4 is 17.9 Å². The number of carbonyl (C=O) groups excluding carboxylic acids is 3. The summed E-state index contributed by atoms with van der Waals surface area (Å²) in [5.74, 6) is -0.982. The normalized spacial score (nSPS) is 12.7. The first kappa shape index (κ1) is 68.6. The van der Waals surface area contributed by atoms with E-state index in [4.69, 9.17) is 14.2 Å². The molecular weight excluding hydrogens is 889 g/mol. The number of hydrogen-bond acceptors (Lipinski definition) is 6. The summed E-state index contributed by atoms with van der Waals surface area (Å²) in [5.41, 5.74) is 0. The van der Waals surface area contributed by atoms with Crippen LogP contribution in [-0.4, -0.2) is 37.2 Å². The first-order valence-electron chi connectivity index (χ1n) is 30.6. The number of esters is 3. The van der Waals surface area contributed by atoms with Crippen LogP contribution in [0.25, 0.3) is 0 Å². The Morgan fingerprint density at radius 3 is 0.903 bits per heavy atom. The molecule has 0 saturated heterocycles. The molecule has 0 heterocycles. The summed E-state index contributed by atoms with van der Waals surface area (Å²) in [6, 6.07) is 0. The van der Waals surface area contributed by atoms with E-state index in [2.05, 4.69) is 99.8 Å². The molecular formula is C66H114O6. The largest absolute Gasteiger partial charge is 0.462 e. The van der Waals surface area contributed by atoms with Gasteiger partial charge < -0.3 is 14.2 Å². The zero-order valence-electron chi connectivity index (χ0n) is 47.4. The van der Waals surface area contributed by atoms with Gasteiger partial charge in [0.05, 0.1) is 0 Å². The molecule has 0 aliphatic carbocycles. The molecule has 0 aromatic heterocycles. The molecule has 0 amide bonds. The number of hydrogen-bond donors (Lipinski definition) is 0. The molecule has 0 saturated carbocycles. The number of ether oxygens (including phenoxy) is 3. The van der Waals surface area contributed by atoms with Crippen LogP contribution in [0.3, 0.4) is 0 Å². The highest BCUT2D eigenvalue weighted by atomic mass is 16.6. The fourth-order valence-corrected chi connectivity index (χ4v) is 8.58. The molecule has 0 N–H and O–H groups in total. The van der Waals surface area contributed by atoms with Gasteiger partial charge in [-0.1, -0.05) is 279 Å². The Balaban J connectivity index is 4.32. The summed E-state index contributed by atoms with van der Waals surface area (Å²) in [6.07, 6.45) is 79.0. The van der Waals surface area contributed by atoms with Gasteiger partial charge in [0.15, 0.2) is 6.10 Å². The molecule has 0 radical (unpaired) electrons. The van der Waals surface area contributed by atoms with Crippen molar-refractivity contribution in [1.29, 1.82) is 0 Å². The Kier molecular flexibility index (Phi) is 57.3. The van der Waals surface area contributed by atoms with E-state index in [1.807, 2.05) is 6.08 Å². The summed E-state index contributed by atoms with van der Waals surface area (Å²) >= 11 is 0. The zero-order valence-corrected chi connectivity index (χ0v) is 47.4. The summed E-state index contributed by atoms with van der Waals surface area (Å²) in [5, 5.41) is 0. The molecule has 0 aromatic rings. The van der Waals surface area contributed by atoms with Gasteiger partial charge in [0.25, 0.3) is 0 Å². The standard InChI is InChI=1S/C66H114O6/c1-4-7-10-13-16-19-22-24-26-28-30-31-32-33-34-35-37-38-40-42-44-47-50-53-56-59-65(68)71-62-63(61-70-64(67)58-55-52-49-46-21-18-15-12-9-6-3)72-66(69)60-57-54-51-48-45-43-41-39-36-29-27-25-23-20-17-14-11-8-5-2/h8,11,17,20,25,27-28,30,36,39,43,45,51,54,63H,4-7,9-10,12-16,18-19,21-24,26,29,31-35,37-38,40-42,44,46-50,52-53,55-62H2,1-3H3/b11-8-,20-17-,27-25-,30-28-,39-36-,45-43-,54-51-. The topological polar surface area (TPSA) is 78.9 Å². The lowest BCUT2D eigenvalue weighted by Gasteiger charge is -2.18. The molecule has 0 bridgehead atoms. The maximum Gasteiger partial charge on any atom is 0.306 e. The second kappa shape index (κ2) is 60.1. The van der Waals surface area contributed by atoms with Gasteiger partial charge in [-0.15, -0.1) is 0 Å². The van der Waals surface area contributed by atoms with Gasteiger partial charge in [0.1, 0.15) is 13.2 Å². The van der Waals surface area contributed by atoms with Crippen molar-refractivity contribution in [3.63, 3.8) is 0 Å². The molecule has 0 aliphatic heterocycles. The highest BCUT2D eigenvalue weighted by Crippen LogP contribution is 2.16. The third kappa shape index (κ3) is 57.5. The van der Waals surface area contributed by atoms with Gasteiger partial charge in [0, 0.05) is 19.3 Å². The zero-order chi connectivity index (χ0) is 52.2. The van der Waals surface area contributed by atoms with Crippen LogP contribution >= 0.6 is 0 Å². The maximum atomic E-state index is 12.8. The van der Waals surface area contributed by atoms with E-state index < -0.39 is 6.10 Å². The molecule has 72 heavy (non-hydrogen) atoms. The van der Waals surface area contributed by atoms with Gasteiger partial charge in [-0.05, 0) is 83.5 Å². The third-order valence-electron chi connectivity index (χ3n) is 13.1. The molecule has 0 fully saturated rings. The first-order valence-corrected chi connectivity index (χ1v) is 30.6. The minimum absolute atomic E-state index is 0.104. The van der Waals surface area contributed by atoms with E-state index in [0.29, 0.717) is 19.3 Å². The second-order valence-electron chi connectivity index (χ2n) is 20.2. The molecule has 0 rings (SSSR count). The monoisotopic (exact) mass is 1000 g/mol. The number of allylic oxidation sites excluding steroid dienone is 14. The fourth-order valence-electron chi connectivity index (χ4n) is 8.58. The summed E-state index contributed by atoms with van der Waals surface area (Å²) < 4.78 is 16.8. The highest BCUT2D eigenvalue weighted by Gasteiger charge is 2.19. The van der Waals surface area contributed by atoms with Crippen molar-refractivity contribution in [2.24, 2.45) is 0 Å². The van der Waals surface area contributed by atoms with Gasteiger partial charge >= 0.3 is 17.9 Å². The van der Waals surface area contributed by atoms with Crippen LogP contribution in [0, 0.1) is 0 Å². The van der Waals surface area contributed by atoms with Crippen LogP contribution < -0.4 is 0 Å². The molecule has 0 aromatic carbocycles. The summed E-state index contributed by atoms with van der Waals surface area (Å²) in [7, 11) is 0. The minimum Gasteiger partial charge on any atom is -0.462 e. The van der Waals surface area contributed by atoms with Crippen molar-refractivity contribution in [3.8, 4) is 0 Å². The fraction of sp³-hybridized carbons (Fsp3) is 0.742.